The first-order chi connectivity index (χ1) is 11.6. The van der Waals surface area contributed by atoms with E-state index in [0.29, 0.717) is 6.54 Å². The van der Waals surface area contributed by atoms with Crippen LogP contribution in [0.4, 0.5) is 17.2 Å². The number of nitrogens with one attached hydrogen (secondary N) is 1. The number of nitrogens with zero attached hydrogens (tertiary/aromatic N) is 4. The van der Waals surface area contributed by atoms with Gasteiger partial charge in [-0.3, -0.25) is 0 Å². The van der Waals surface area contributed by atoms with Gasteiger partial charge < -0.3 is 19.7 Å². The van der Waals surface area contributed by atoms with Gasteiger partial charge >= 0.3 is 0 Å². The molecule has 0 radical (unpaired) electrons. The SMILES string of the molecule is C[C@@]1(O)CCCN(c2ccc(Nc3nccn4ccnc34)cc2)C1. The maximum Gasteiger partial charge on any atom is 0.180 e. The molecule has 0 bridgehead atoms. The van der Waals surface area contributed by atoms with Gasteiger partial charge in [-0.1, -0.05) is 0 Å². The Morgan fingerprint density at radius 1 is 1.12 bits per heavy atom. The number of fused-ring (bicyclic) bond motifs is 1. The zero-order valence-corrected chi connectivity index (χ0v) is 13.7. The highest BCUT2D eigenvalue weighted by molar-refractivity contribution is 5.70. The van der Waals surface area contributed by atoms with Crippen LogP contribution in [0.15, 0.2) is 49.1 Å². The van der Waals surface area contributed by atoms with Gasteiger partial charge in [0.2, 0.25) is 0 Å². The van der Waals surface area contributed by atoms with E-state index in [4.69, 9.17) is 0 Å². The second-order valence-corrected chi connectivity index (χ2v) is 6.63. The van der Waals surface area contributed by atoms with E-state index < -0.39 is 5.60 Å². The summed E-state index contributed by atoms with van der Waals surface area (Å²) in [5, 5.41) is 13.6. The van der Waals surface area contributed by atoms with E-state index in [0.717, 1.165) is 42.2 Å². The molecule has 2 N–H and O–H groups in total. The van der Waals surface area contributed by atoms with Gasteiger partial charge in [0.15, 0.2) is 11.5 Å². The van der Waals surface area contributed by atoms with E-state index in [-0.39, 0.29) is 0 Å². The average Bonchev–Trinajstić information content (AvgIpc) is 3.04. The maximum atomic E-state index is 10.3. The summed E-state index contributed by atoms with van der Waals surface area (Å²) in [6.07, 6.45) is 9.16. The molecule has 6 heteroatoms. The van der Waals surface area contributed by atoms with Crippen LogP contribution in [0.2, 0.25) is 0 Å². The molecular weight excluding hydrogens is 302 g/mol. The zero-order chi connectivity index (χ0) is 16.6. The number of hydrogen-bond acceptors (Lipinski definition) is 5. The third kappa shape index (κ3) is 2.92. The van der Waals surface area contributed by atoms with Gasteiger partial charge in [0.25, 0.3) is 0 Å². The molecule has 2 aromatic heterocycles. The summed E-state index contributed by atoms with van der Waals surface area (Å²) in [5.74, 6) is 0.733. The van der Waals surface area contributed by atoms with Crippen molar-refractivity contribution in [1.82, 2.24) is 14.4 Å². The molecule has 4 rings (SSSR count). The average molecular weight is 323 g/mol. The zero-order valence-electron chi connectivity index (χ0n) is 13.7. The molecule has 1 fully saturated rings. The monoisotopic (exact) mass is 323 g/mol. The number of piperidine rings is 1. The highest BCUT2D eigenvalue weighted by Crippen LogP contribution is 2.27. The van der Waals surface area contributed by atoms with Crippen molar-refractivity contribution in [2.75, 3.05) is 23.3 Å². The van der Waals surface area contributed by atoms with E-state index in [2.05, 4.69) is 32.3 Å². The third-order valence-corrected chi connectivity index (χ3v) is 4.48. The molecule has 1 aliphatic rings. The van der Waals surface area contributed by atoms with Crippen LogP contribution in [0.1, 0.15) is 19.8 Å². The largest absolute Gasteiger partial charge is 0.388 e. The summed E-state index contributed by atoms with van der Waals surface area (Å²) in [4.78, 5) is 10.9. The van der Waals surface area contributed by atoms with Crippen LogP contribution in [-0.4, -0.2) is 38.2 Å². The molecule has 3 heterocycles. The second kappa shape index (κ2) is 5.79. The van der Waals surface area contributed by atoms with Crippen LogP contribution in [0.5, 0.6) is 0 Å². The van der Waals surface area contributed by atoms with Crippen molar-refractivity contribution in [3.05, 3.63) is 49.1 Å². The molecule has 0 unspecified atom stereocenters. The van der Waals surface area contributed by atoms with Crippen LogP contribution in [0.3, 0.4) is 0 Å². The predicted molar refractivity (Wildman–Crippen MR) is 94.8 cm³/mol. The lowest BCUT2D eigenvalue weighted by Gasteiger charge is -2.38. The quantitative estimate of drug-likeness (QED) is 0.776. The predicted octanol–water partition coefficient (Wildman–Crippen LogP) is 2.82. The van der Waals surface area contributed by atoms with E-state index >= 15 is 0 Å². The van der Waals surface area contributed by atoms with Gasteiger partial charge in [0, 0.05) is 49.3 Å². The number of aromatic nitrogens is 3. The van der Waals surface area contributed by atoms with Crippen molar-refractivity contribution in [3.63, 3.8) is 0 Å². The Morgan fingerprint density at radius 2 is 1.88 bits per heavy atom. The molecule has 0 aliphatic carbocycles. The number of imidazole rings is 1. The highest BCUT2D eigenvalue weighted by atomic mass is 16.3. The van der Waals surface area contributed by atoms with Crippen LogP contribution in [0, 0.1) is 0 Å². The van der Waals surface area contributed by atoms with Crippen LogP contribution in [-0.2, 0) is 0 Å². The maximum absolute atomic E-state index is 10.3. The van der Waals surface area contributed by atoms with Gasteiger partial charge in [-0.2, -0.15) is 0 Å². The molecule has 1 aliphatic heterocycles. The lowest BCUT2D eigenvalue weighted by molar-refractivity contribution is 0.0449. The number of rotatable bonds is 3. The molecule has 1 saturated heterocycles. The van der Waals surface area contributed by atoms with E-state index in [1.165, 1.54) is 0 Å². The summed E-state index contributed by atoms with van der Waals surface area (Å²) in [6.45, 7) is 3.57. The van der Waals surface area contributed by atoms with Crippen LogP contribution >= 0.6 is 0 Å². The minimum atomic E-state index is -0.602. The van der Waals surface area contributed by atoms with Crippen molar-refractivity contribution < 1.29 is 5.11 Å². The summed E-state index contributed by atoms with van der Waals surface area (Å²) >= 11 is 0. The number of aliphatic hydroxyl groups is 1. The smallest absolute Gasteiger partial charge is 0.180 e. The van der Waals surface area contributed by atoms with Crippen LogP contribution < -0.4 is 10.2 Å². The Hall–Kier alpha value is -2.60. The second-order valence-electron chi connectivity index (χ2n) is 6.63. The minimum absolute atomic E-state index is 0.602. The molecule has 3 aromatic rings. The fourth-order valence-electron chi connectivity index (χ4n) is 3.28. The molecule has 0 amide bonds. The first kappa shape index (κ1) is 15.0. The number of benzene rings is 1. The number of anilines is 3. The fraction of sp³-hybridized carbons (Fsp3) is 0.333. The van der Waals surface area contributed by atoms with Gasteiger partial charge in [-0.05, 0) is 44.0 Å². The lowest BCUT2D eigenvalue weighted by atomic mass is 9.95. The van der Waals surface area contributed by atoms with E-state index in [1.54, 1.807) is 12.4 Å². The van der Waals surface area contributed by atoms with E-state index in [9.17, 15) is 5.11 Å². The molecule has 1 aromatic carbocycles. The van der Waals surface area contributed by atoms with Crippen molar-refractivity contribution in [3.8, 4) is 0 Å². The van der Waals surface area contributed by atoms with Crippen molar-refractivity contribution in [1.29, 1.82) is 0 Å². The summed E-state index contributed by atoms with van der Waals surface area (Å²) in [5.41, 5.74) is 2.29. The Kier molecular flexibility index (Phi) is 3.61. The van der Waals surface area contributed by atoms with E-state index in [1.807, 2.05) is 35.9 Å². The Bertz CT molecular complexity index is 840. The van der Waals surface area contributed by atoms with Gasteiger partial charge in [0.1, 0.15) is 0 Å². The number of β-amino-alcohol motifs (C(OH)–C–C–N with tert-alkyl or cyclic N) is 1. The Balaban J connectivity index is 1.53. The number of hydrogen-bond donors (Lipinski definition) is 2. The molecule has 1 atom stereocenters. The summed E-state index contributed by atoms with van der Waals surface area (Å²) in [6, 6.07) is 8.23. The summed E-state index contributed by atoms with van der Waals surface area (Å²) < 4.78 is 1.93. The molecule has 24 heavy (non-hydrogen) atoms. The first-order valence-corrected chi connectivity index (χ1v) is 8.23. The Morgan fingerprint density at radius 3 is 2.62 bits per heavy atom. The van der Waals surface area contributed by atoms with Crippen molar-refractivity contribution >= 4 is 22.8 Å². The molecular formula is C18H21N5O. The third-order valence-electron chi connectivity index (χ3n) is 4.48. The minimum Gasteiger partial charge on any atom is -0.388 e. The lowest BCUT2D eigenvalue weighted by Crippen LogP contribution is -2.46. The Labute approximate surface area is 140 Å². The summed E-state index contributed by atoms with van der Waals surface area (Å²) in [7, 11) is 0. The fourth-order valence-corrected chi connectivity index (χ4v) is 3.28. The highest BCUT2D eigenvalue weighted by Gasteiger charge is 2.28. The van der Waals surface area contributed by atoms with Crippen molar-refractivity contribution in [2.45, 2.75) is 25.4 Å². The molecule has 6 nitrogen and oxygen atoms in total. The van der Waals surface area contributed by atoms with Gasteiger partial charge in [-0.15, -0.1) is 0 Å². The standard InChI is InChI=1S/C18H21N5O/c1-18(24)7-2-10-23(13-18)15-5-3-14(4-6-15)21-16-17-20-9-12-22(17)11-8-19-16/h3-6,8-9,11-12,24H,2,7,10,13H2,1H3,(H,19,21)/t18-/m1/s1. The topological polar surface area (TPSA) is 65.7 Å². The van der Waals surface area contributed by atoms with Gasteiger partial charge in [-0.25, -0.2) is 9.97 Å². The molecule has 0 saturated carbocycles. The van der Waals surface area contributed by atoms with Crippen LogP contribution in [0.25, 0.3) is 5.65 Å². The van der Waals surface area contributed by atoms with Crippen molar-refractivity contribution in [2.24, 2.45) is 0 Å². The molecule has 124 valence electrons. The normalized spacial score (nSPS) is 21.2. The molecule has 0 spiro atoms. The van der Waals surface area contributed by atoms with Gasteiger partial charge in [0.05, 0.1) is 5.60 Å². The first-order valence-electron chi connectivity index (χ1n) is 8.23.